The molecule has 0 unspecified atom stereocenters. The third-order valence-electron chi connectivity index (χ3n) is 3.15. The van der Waals surface area contributed by atoms with Gasteiger partial charge in [0, 0.05) is 43.7 Å². The second kappa shape index (κ2) is 7.07. The molecule has 0 aliphatic heterocycles. The molecule has 0 spiro atoms. The van der Waals surface area contributed by atoms with Gasteiger partial charge in [-0.2, -0.15) is 0 Å². The number of hydrogen-bond donors (Lipinski definition) is 2. The van der Waals surface area contributed by atoms with Gasteiger partial charge in [0.25, 0.3) is 0 Å². The van der Waals surface area contributed by atoms with Crippen molar-refractivity contribution in [2.75, 3.05) is 20.3 Å². The second-order valence-corrected chi connectivity index (χ2v) is 4.68. The van der Waals surface area contributed by atoms with Gasteiger partial charge in [-0.3, -0.25) is 4.79 Å². The van der Waals surface area contributed by atoms with Crippen LogP contribution in [0.4, 0.5) is 0 Å². The molecule has 1 atom stereocenters. The molecule has 0 aliphatic rings. The number of carbonyl (C=O) groups excluding carboxylic acids is 1. The summed E-state index contributed by atoms with van der Waals surface area (Å²) in [6, 6.07) is 7.29. The number of benzene rings is 1. The quantitative estimate of drug-likeness (QED) is 0.595. The van der Waals surface area contributed by atoms with Gasteiger partial charge in [0.2, 0.25) is 0 Å². The number of nitrogens with two attached hydrogens (primary N) is 1. The van der Waals surface area contributed by atoms with Gasteiger partial charge in [-0.15, -0.1) is 0 Å². The van der Waals surface area contributed by atoms with Crippen LogP contribution in [0.25, 0.3) is 10.9 Å². The minimum Gasteiger partial charge on any atom is -0.464 e. The molecule has 0 radical (unpaired) electrons. The van der Waals surface area contributed by atoms with Gasteiger partial charge in [0.05, 0.1) is 6.61 Å². The molecule has 108 valence electrons. The molecule has 0 fully saturated rings. The summed E-state index contributed by atoms with van der Waals surface area (Å²) in [7, 11) is 1.62. The Labute approximate surface area is 118 Å². The number of nitrogens with one attached hydrogen (secondary N) is 1. The first-order valence-electron chi connectivity index (χ1n) is 6.68. The van der Waals surface area contributed by atoms with Crippen molar-refractivity contribution in [3.63, 3.8) is 0 Å². The number of aromatic amines is 1. The number of hydrogen-bond acceptors (Lipinski definition) is 4. The number of methoxy groups -OCH3 is 1. The predicted molar refractivity (Wildman–Crippen MR) is 77.4 cm³/mol. The summed E-state index contributed by atoms with van der Waals surface area (Å²) in [4.78, 5) is 14.9. The van der Waals surface area contributed by atoms with E-state index in [9.17, 15) is 4.79 Å². The van der Waals surface area contributed by atoms with Crippen LogP contribution in [0.3, 0.4) is 0 Å². The van der Waals surface area contributed by atoms with E-state index in [4.69, 9.17) is 15.2 Å². The second-order valence-electron chi connectivity index (χ2n) is 4.68. The molecule has 2 aromatic rings. The highest BCUT2D eigenvalue weighted by Crippen LogP contribution is 2.18. The summed E-state index contributed by atoms with van der Waals surface area (Å²) < 4.78 is 10.0. The molecule has 20 heavy (non-hydrogen) atoms. The Bertz CT molecular complexity index is 565. The first kappa shape index (κ1) is 14.6. The van der Waals surface area contributed by atoms with Crippen molar-refractivity contribution in [1.82, 2.24) is 4.98 Å². The van der Waals surface area contributed by atoms with Gasteiger partial charge in [0.1, 0.15) is 6.04 Å². The van der Waals surface area contributed by atoms with Crippen molar-refractivity contribution in [2.45, 2.75) is 18.9 Å². The summed E-state index contributed by atoms with van der Waals surface area (Å²) in [6.45, 7) is 0.916. The number of H-pyrrole nitrogens is 1. The Morgan fingerprint density at radius 1 is 1.35 bits per heavy atom. The molecule has 1 heterocycles. The van der Waals surface area contributed by atoms with Crippen LogP contribution in [0.5, 0.6) is 0 Å². The van der Waals surface area contributed by atoms with Crippen molar-refractivity contribution in [1.29, 1.82) is 0 Å². The van der Waals surface area contributed by atoms with Crippen LogP contribution >= 0.6 is 0 Å². The maximum Gasteiger partial charge on any atom is 0.323 e. The zero-order valence-electron chi connectivity index (χ0n) is 11.6. The fourth-order valence-corrected chi connectivity index (χ4v) is 2.10. The van der Waals surface area contributed by atoms with Crippen LogP contribution in [0, 0.1) is 0 Å². The lowest BCUT2D eigenvalue weighted by Gasteiger charge is -2.11. The van der Waals surface area contributed by atoms with Gasteiger partial charge in [-0.05, 0) is 11.6 Å². The van der Waals surface area contributed by atoms with Crippen molar-refractivity contribution < 1.29 is 14.3 Å². The highest BCUT2D eigenvalue weighted by Gasteiger charge is 2.17. The monoisotopic (exact) mass is 276 g/mol. The number of esters is 1. The lowest BCUT2D eigenvalue weighted by Crippen LogP contribution is -2.34. The summed E-state index contributed by atoms with van der Waals surface area (Å²) in [5, 5.41) is 1.09. The fraction of sp³-hybridized carbons (Fsp3) is 0.400. The zero-order chi connectivity index (χ0) is 14.4. The van der Waals surface area contributed by atoms with Gasteiger partial charge >= 0.3 is 5.97 Å². The molecule has 0 saturated heterocycles. The maximum atomic E-state index is 11.8. The molecule has 0 aliphatic carbocycles. The Balaban J connectivity index is 1.90. The van der Waals surface area contributed by atoms with Gasteiger partial charge < -0.3 is 20.2 Å². The zero-order valence-corrected chi connectivity index (χ0v) is 11.6. The molecular formula is C15H20N2O3. The van der Waals surface area contributed by atoms with Gasteiger partial charge in [0.15, 0.2) is 0 Å². The van der Waals surface area contributed by atoms with E-state index in [2.05, 4.69) is 4.98 Å². The molecule has 3 N–H and O–H groups in total. The molecule has 2 rings (SSSR count). The van der Waals surface area contributed by atoms with E-state index in [1.54, 1.807) is 7.11 Å². The van der Waals surface area contributed by atoms with Crippen LogP contribution in [-0.4, -0.2) is 37.3 Å². The lowest BCUT2D eigenvalue weighted by atomic mass is 10.1. The molecule has 1 aromatic heterocycles. The van der Waals surface area contributed by atoms with E-state index in [0.29, 0.717) is 26.1 Å². The summed E-state index contributed by atoms with van der Waals surface area (Å²) >= 11 is 0. The summed E-state index contributed by atoms with van der Waals surface area (Å²) in [6.07, 6.45) is 3.04. The molecule has 0 saturated carbocycles. The normalized spacial score (nSPS) is 12.5. The number of rotatable bonds is 7. The first-order valence-corrected chi connectivity index (χ1v) is 6.68. The Hall–Kier alpha value is -1.85. The smallest absolute Gasteiger partial charge is 0.323 e. The third kappa shape index (κ3) is 3.59. The molecule has 0 amide bonds. The average Bonchev–Trinajstić information content (AvgIpc) is 2.87. The Morgan fingerprint density at radius 2 is 2.15 bits per heavy atom. The minimum atomic E-state index is -0.642. The summed E-state index contributed by atoms with van der Waals surface area (Å²) in [5.41, 5.74) is 7.97. The van der Waals surface area contributed by atoms with E-state index in [-0.39, 0.29) is 5.97 Å². The van der Waals surface area contributed by atoms with Crippen LogP contribution in [-0.2, 0) is 20.7 Å². The number of para-hydroxylation sites is 1. The molecule has 5 nitrogen and oxygen atoms in total. The highest BCUT2D eigenvalue weighted by molar-refractivity contribution is 5.84. The number of ether oxygens (including phenoxy) is 2. The Morgan fingerprint density at radius 3 is 2.95 bits per heavy atom. The van der Waals surface area contributed by atoms with E-state index in [1.807, 2.05) is 30.5 Å². The van der Waals surface area contributed by atoms with Gasteiger partial charge in [-0.1, -0.05) is 18.2 Å². The predicted octanol–water partition coefficient (Wildman–Crippen LogP) is 1.62. The van der Waals surface area contributed by atoms with Crippen molar-refractivity contribution in [2.24, 2.45) is 5.73 Å². The topological polar surface area (TPSA) is 77.3 Å². The minimum absolute atomic E-state index is 0.342. The lowest BCUT2D eigenvalue weighted by molar-refractivity contribution is -0.145. The van der Waals surface area contributed by atoms with E-state index in [0.717, 1.165) is 16.5 Å². The number of fused-ring (bicyclic) bond motifs is 1. The maximum absolute atomic E-state index is 11.8. The SMILES string of the molecule is COCCCOC(=O)[C@@H](N)Cc1c[nH]c2ccccc12. The van der Waals surface area contributed by atoms with Gasteiger partial charge in [-0.25, -0.2) is 0 Å². The molecule has 1 aromatic carbocycles. The van der Waals surface area contributed by atoms with Crippen LogP contribution < -0.4 is 5.73 Å². The molecule has 0 bridgehead atoms. The fourth-order valence-electron chi connectivity index (χ4n) is 2.10. The highest BCUT2D eigenvalue weighted by atomic mass is 16.5. The van der Waals surface area contributed by atoms with Crippen molar-refractivity contribution in [3.05, 3.63) is 36.0 Å². The summed E-state index contributed by atoms with van der Waals surface area (Å²) in [5.74, 6) is -0.369. The Kier molecular flexibility index (Phi) is 5.15. The van der Waals surface area contributed by atoms with E-state index in [1.165, 1.54) is 0 Å². The molecule has 5 heteroatoms. The number of aromatic nitrogens is 1. The van der Waals surface area contributed by atoms with Crippen molar-refractivity contribution >= 4 is 16.9 Å². The average molecular weight is 276 g/mol. The standard InChI is InChI=1S/C15H20N2O3/c1-19-7-4-8-20-15(18)13(16)9-11-10-17-14-6-3-2-5-12(11)14/h2-3,5-6,10,13,17H,4,7-9,16H2,1H3/t13-/m0/s1. The largest absolute Gasteiger partial charge is 0.464 e. The van der Waals surface area contributed by atoms with Crippen LogP contribution in [0.2, 0.25) is 0 Å². The number of carbonyl (C=O) groups is 1. The molecular weight excluding hydrogens is 256 g/mol. The van der Waals surface area contributed by atoms with E-state index < -0.39 is 6.04 Å². The first-order chi connectivity index (χ1) is 9.72. The van der Waals surface area contributed by atoms with Crippen LogP contribution in [0.15, 0.2) is 30.5 Å². The van der Waals surface area contributed by atoms with Crippen molar-refractivity contribution in [3.8, 4) is 0 Å². The third-order valence-corrected chi connectivity index (χ3v) is 3.15. The van der Waals surface area contributed by atoms with Crippen LogP contribution in [0.1, 0.15) is 12.0 Å². The van der Waals surface area contributed by atoms with E-state index >= 15 is 0 Å².